The summed E-state index contributed by atoms with van der Waals surface area (Å²) < 4.78 is 6.54. The van der Waals surface area contributed by atoms with Gasteiger partial charge in [0.25, 0.3) is 17.5 Å². The van der Waals surface area contributed by atoms with Crippen molar-refractivity contribution >= 4 is 17.7 Å². The van der Waals surface area contributed by atoms with Crippen LogP contribution in [0.4, 0.5) is 0 Å². The fourth-order valence-corrected chi connectivity index (χ4v) is 2.96. The van der Waals surface area contributed by atoms with Gasteiger partial charge in [-0.15, -0.1) is 5.10 Å². The molecule has 1 saturated carbocycles. The van der Waals surface area contributed by atoms with Crippen LogP contribution in [0.3, 0.4) is 0 Å². The predicted molar refractivity (Wildman–Crippen MR) is 85.4 cm³/mol. The van der Waals surface area contributed by atoms with Gasteiger partial charge in [-0.3, -0.25) is 4.79 Å². The Morgan fingerprint density at radius 3 is 2.79 bits per heavy atom. The monoisotopic (exact) mass is 331 g/mol. The van der Waals surface area contributed by atoms with Crippen molar-refractivity contribution < 1.29 is 14.3 Å². The summed E-state index contributed by atoms with van der Waals surface area (Å²) in [6, 6.07) is 2.00. The van der Waals surface area contributed by atoms with Crippen molar-refractivity contribution in [3.63, 3.8) is 0 Å². The minimum Gasteiger partial charge on any atom is -0.450 e. The molecule has 0 radical (unpaired) electrons. The summed E-state index contributed by atoms with van der Waals surface area (Å²) in [5.74, 6) is -0.684. The first kappa shape index (κ1) is 16.4. The summed E-state index contributed by atoms with van der Waals surface area (Å²) in [7, 11) is 1.77. The zero-order valence-electron chi connectivity index (χ0n) is 13.9. The molecular formula is C16H21N5O3. The number of carbonyl (C=O) groups excluding carboxylic acids is 2. The Labute approximate surface area is 139 Å². The van der Waals surface area contributed by atoms with Crippen LogP contribution in [0.25, 0.3) is 5.78 Å². The first-order valence-electron chi connectivity index (χ1n) is 8.17. The van der Waals surface area contributed by atoms with E-state index in [4.69, 9.17) is 4.74 Å². The Kier molecular flexibility index (Phi) is 4.73. The number of esters is 1. The van der Waals surface area contributed by atoms with Gasteiger partial charge in [-0.2, -0.15) is 4.98 Å². The van der Waals surface area contributed by atoms with Gasteiger partial charge in [-0.25, -0.2) is 14.3 Å². The summed E-state index contributed by atoms with van der Waals surface area (Å²) in [4.78, 5) is 34.0. The molecule has 0 N–H and O–H groups in total. The average Bonchev–Trinajstić information content (AvgIpc) is 3.05. The Bertz CT molecular complexity index is 751. The smallest absolute Gasteiger partial charge is 0.378 e. The summed E-state index contributed by atoms with van der Waals surface area (Å²) in [6.45, 7) is 1.54. The quantitative estimate of drug-likeness (QED) is 0.786. The van der Waals surface area contributed by atoms with Crippen molar-refractivity contribution in [1.82, 2.24) is 24.5 Å². The standard InChI is InChI=1S/C16H21N5O3/c1-11-8-9-17-16-18-14(19-21(11)16)15(23)24-10-13(22)20(2)12-6-4-3-5-7-12/h8-9,12H,3-7,10H2,1-2H3. The van der Waals surface area contributed by atoms with Gasteiger partial charge in [0.15, 0.2) is 6.61 Å². The van der Waals surface area contributed by atoms with Crippen LogP contribution in [-0.4, -0.2) is 56.1 Å². The van der Waals surface area contributed by atoms with Crippen molar-refractivity contribution in [2.24, 2.45) is 0 Å². The Hall–Kier alpha value is -2.51. The molecule has 0 saturated heterocycles. The highest BCUT2D eigenvalue weighted by Gasteiger charge is 2.24. The Morgan fingerprint density at radius 2 is 2.08 bits per heavy atom. The number of aryl methyl sites for hydroxylation is 1. The summed E-state index contributed by atoms with van der Waals surface area (Å²) in [5, 5.41) is 4.07. The summed E-state index contributed by atoms with van der Waals surface area (Å²) >= 11 is 0. The average molecular weight is 331 g/mol. The van der Waals surface area contributed by atoms with Gasteiger partial charge in [-0.05, 0) is 25.8 Å². The minimum absolute atomic E-state index is 0.0927. The van der Waals surface area contributed by atoms with Gasteiger partial charge in [0.05, 0.1) is 0 Å². The fraction of sp³-hybridized carbons (Fsp3) is 0.562. The van der Waals surface area contributed by atoms with Gasteiger partial charge < -0.3 is 9.64 Å². The number of fused-ring (bicyclic) bond motifs is 1. The maximum atomic E-state index is 12.2. The van der Waals surface area contributed by atoms with Crippen LogP contribution in [-0.2, 0) is 9.53 Å². The van der Waals surface area contributed by atoms with E-state index >= 15 is 0 Å². The zero-order chi connectivity index (χ0) is 17.1. The second-order valence-electron chi connectivity index (χ2n) is 6.11. The molecule has 8 heteroatoms. The van der Waals surface area contributed by atoms with Crippen LogP contribution in [0, 0.1) is 6.92 Å². The molecule has 0 aromatic carbocycles. The van der Waals surface area contributed by atoms with Gasteiger partial charge in [0.2, 0.25) is 0 Å². The highest BCUT2D eigenvalue weighted by molar-refractivity contribution is 5.88. The molecule has 1 aliphatic carbocycles. The maximum Gasteiger partial charge on any atom is 0.378 e. The molecule has 0 unspecified atom stereocenters. The van der Waals surface area contributed by atoms with Crippen LogP contribution >= 0.6 is 0 Å². The van der Waals surface area contributed by atoms with E-state index in [9.17, 15) is 9.59 Å². The molecular weight excluding hydrogens is 310 g/mol. The number of amides is 1. The van der Waals surface area contributed by atoms with E-state index in [2.05, 4.69) is 15.1 Å². The van der Waals surface area contributed by atoms with Gasteiger partial charge in [-0.1, -0.05) is 19.3 Å². The highest BCUT2D eigenvalue weighted by Crippen LogP contribution is 2.21. The minimum atomic E-state index is -0.717. The zero-order valence-corrected chi connectivity index (χ0v) is 13.9. The molecule has 2 heterocycles. The lowest BCUT2D eigenvalue weighted by molar-refractivity contribution is -0.135. The number of ether oxygens (including phenoxy) is 1. The third-order valence-corrected chi connectivity index (χ3v) is 4.46. The third-order valence-electron chi connectivity index (χ3n) is 4.46. The second kappa shape index (κ2) is 6.94. The first-order chi connectivity index (χ1) is 11.6. The topological polar surface area (TPSA) is 89.7 Å². The van der Waals surface area contributed by atoms with Gasteiger partial charge >= 0.3 is 5.97 Å². The van der Waals surface area contributed by atoms with E-state index in [1.165, 1.54) is 10.9 Å². The third kappa shape index (κ3) is 3.37. The largest absolute Gasteiger partial charge is 0.450 e. The molecule has 2 aromatic heterocycles. The van der Waals surface area contributed by atoms with E-state index in [1.54, 1.807) is 24.2 Å². The molecule has 0 spiro atoms. The molecule has 24 heavy (non-hydrogen) atoms. The number of rotatable bonds is 4. The van der Waals surface area contributed by atoms with E-state index in [1.807, 2.05) is 6.92 Å². The lowest BCUT2D eigenvalue weighted by atomic mass is 9.94. The second-order valence-corrected chi connectivity index (χ2v) is 6.11. The molecule has 0 atom stereocenters. The number of hydrogen-bond acceptors (Lipinski definition) is 6. The summed E-state index contributed by atoms with van der Waals surface area (Å²) in [6.07, 6.45) is 7.11. The SMILES string of the molecule is Cc1ccnc2nc(C(=O)OCC(=O)N(C)C3CCCCC3)nn12. The lowest BCUT2D eigenvalue weighted by Gasteiger charge is -2.31. The van der Waals surface area contributed by atoms with E-state index in [-0.39, 0.29) is 24.4 Å². The van der Waals surface area contributed by atoms with Crippen molar-refractivity contribution in [1.29, 1.82) is 0 Å². The molecule has 2 aromatic rings. The van der Waals surface area contributed by atoms with Gasteiger partial charge in [0.1, 0.15) is 0 Å². The van der Waals surface area contributed by atoms with Crippen molar-refractivity contribution in [3.8, 4) is 0 Å². The number of nitrogens with zero attached hydrogens (tertiary/aromatic N) is 5. The molecule has 1 fully saturated rings. The van der Waals surface area contributed by atoms with Crippen LogP contribution in [0.2, 0.25) is 0 Å². The van der Waals surface area contributed by atoms with Gasteiger partial charge in [0, 0.05) is 25.0 Å². The molecule has 0 bridgehead atoms. The highest BCUT2D eigenvalue weighted by atomic mass is 16.5. The fourth-order valence-electron chi connectivity index (χ4n) is 2.96. The van der Waals surface area contributed by atoms with Crippen LogP contribution in [0.5, 0.6) is 0 Å². The van der Waals surface area contributed by atoms with Crippen molar-refractivity contribution in [3.05, 3.63) is 23.8 Å². The molecule has 3 rings (SSSR count). The molecule has 128 valence electrons. The molecule has 0 aliphatic heterocycles. The normalized spacial score (nSPS) is 15.4. The molecule has 8 nitrogen and oxygen atoms in total. The Balaban J connectivity index is 1.59. The number of hydrogen-bond donors (Lipinski definition) is 0. The summed E-state index contributed by atoms with van der Waals surface area (Å²) in [5.41, 5.74) is 0.805. The number of likely N-dealkylation sites (N-methyl/N-ethyl adjacent to an activating group) is 1. The predicted octanol–water partition coefficient (Wildman–Crippen LogP) is 1.38. The number of aromatic nitrogens is 4. The maximum absolute atomic E-state index is 12.2. The first-order valence-corrected chi connectivity index (χ1v) is 8.17. The molecule has 1 amide bonds. The van der Waals surface area contributed by atoms with E-state index < -0.39 is 5.97 Å². The van der Waals surface area contributed by atoms with Crippen molar-refractivity contribution in [2.75, 3.05) is 13.7 Å². The van der Waals surface area contributed by atoms with Crippen LogP contribution in [0.15, 0.2) is 12.3 Å². The molecule has 1 aliphatic rings. The van der Waals surface area contributed by atoms with E-state index in [0.29, 0.717) is 5.78 Å². The van der Waals surface area contributed by atoms with Crippen molar-refractivity contribution in [2.45, 2.75) is 45.1 Å². The van der Waals surface area contributed by atoms with E-state index in [0.717, 1.165) is 31.4 Å². The lowest BCUT2D eigenvalue weighted by Crippen LogP contribution is -2.40. The van der Waals surface area contributed by atoms with Crippen LogP contribution < -0.4 is 0 Å². The number of carbonyl (C=O) groups is 2. The Morgan fingerprint density at radius 1 is 1.33 bits per heavy atom. The van der Waals surface area contributed by atoms with Crippen LogP contribution in [0.1, 0.15) is 48.4 Å².